The molecule has 1 N–H and O–H groups in total. The normalized spacial score (nSPS) is 21.1. The first-order valence-electron chi connectivity index (χ1n) is 12.2. The maximum Gasteiger partial charge on any atom is 0.146 e. The van der Waals surface area contributed by atoms with Crippen molar-refractivity contribution in [3.8, 4) is 0 Å². The quantitative estimate of drug-likeness (QED) is 0.364. The number of aromatic nitrogens is 2. The smallest absolute Gasteiger partial charge is 0.146 e. The molecule has 8 nitrogen and oxygen atoms in total. The number of morpholine rings is 1. The van der Waals surface area contributed by atoms with Crippen LogP contribution in [0.1, 0.15) is 43.7 Å². The highest BCUT2D eigenvalue weighted by Gasteiger charge is 2.48. The Kier molecular flexibility index (Phi) is 8.38. The molecule has 2 aliphatic rings. The van der Waals surface area contributed by atoms with Gasteiger partial charge in [-0.3, -0.25) is 9.88 Å². The Bertz CT molecular complexity index is 894. The Morgan fingerprint density at radius 2 is 2.06 bits per heavy atom. The highest BCUT2D eigenvalue weighted by Crippen LogP contribution is 2.38. The fourth-order valence-electron chi connectivity index (χ4n) is 5.02. The van der Waals surface area contributed by atoms with Crippen molar-refractivity contribution in [2.24, 2.45) is 0 Å². The lowest BCUT2D eigenvalue weighted by atomic mass is 10.0. The summed E-state index contributed by atoms with van der Waals surface area (Å²) in [6, 6.07) is 2.57. The zero-order valence-electron chi connectivity index (χ0n) is 20.6. The van der Waals surface area contributed by atoms with Gasteiger partial charge in [-0.1, -0.05) is 0 Å². The number of nitrogens with one attached hydrogen (secondary N) is 1. The summed E-state index contributed by atoms with van der Waals surface area (Å²) in [5.41, 5.74) is 4.13. The van der Waals surface area contributed by atoms with Crippen molar-refractivity contribution in [3.63, 3.8) is 0 Å². The van der Waals surface area contributed by atoms with E-state index in [0.29, 0.717) is 19.3 Å². The first kappa shape index (κ1) is 24.6. The van der Waals surface area contributed by atoms with E-state index in [4.69, 9.17) is 23.9 Å². The zero-order chi connectivity index (χ0) is 23.3. The third kappa shape index (κ3) is 5.42. The van der Waals surface area contributed by atoms with E-state index in [1.165, 1.54) is 29.5 Å². The number of pyridine rings is 1. The average Bonchev–Trinajstić information content (AvgIpc) is 3.63. The second kappa shape index (κ2) is 11.3. The SMILES string of the molecule is COCCCCn1cc(CN(C2CC2)C(C)(OC)[C@H]2CNCCO2)c2nccc(COC)c21. The number of ether oxygens (including phenoxy) is 4. The van der Waals surface area contributed by atoms with Crippen LogP contribution in [0.25, 0.3) is 11.0 Å². The van der Waals surface area contributed by atoms with Crippen LogP contribution in [-0.2, 0) is 38.6 Å². The first-order chi connectivity index (χ1) is 16.1. The van der Waals surface area contributed by atoms with Crippen LogP contribution >= 0.6 is 0 Å². The van der Waals surface area contributed by atoms with Crippen LogP contribution in [0.2, 0.25) is 0 Å². The molecule has 1 unspecified atom stereocenters. The second-order valence-corrected chi connectivity index (χ2v) is 9.33. The fraction of sp³-hybridized carbons (Fsp3) is 0.720. The minimum Gasteiger partial charge on any atom is -0.385 e. The van der Waals surface area contributed by atoms with Crippen LogP contribution in [0.15, 0.2) is 18.5 Å². The first-order valence-corrected chi connectivity index (χ1v) is 12.2. The second-order valence-electron chi connectivity index (χ2n) is 9.33. The molecule has 0 spiro atoms. The average molecular weight is 461 g/mol. The summed E-state index contributed by atoms with van der Waals surface area (Å²) in [7, 11) is 5.31. The van der Waals surface area contributed by atoms with Crippen molar-refractivity contribution < 1.29 is 18.9 Å². The summed E-state index contributed by atoms with van der Waals surface area (Å²) in [5, 5.41) is 3.47. The Morgan fingerprint density at radius 1 is 1.21 bits per heavy atom. The van der Waals surface area contributed by atoms with E-state index in [1.807, 2.05) is 6.20 Å². The maximum atomic E-state index is 6.19. The monoisotopic (exact) mass is 460 g/mol. The summed E-state index contributed by atoms with van der Waals surface area (Å²) in [5.74, 6) is 0. The molecule has 1 aliphatic carbocycles. The molecule has 2 atom stereocenters. The van der Waals surface area contributed by atoms with E-state index >= 15 is 0 Å². The number of fused-ring (bicyclic) bond motifs is 1. The largest absolute Gasteiger partial charge is 0.385 e. The Hall–Kier alpha value is -1.55. The molecule has 8 heteroatoms. The molecule has 1 saturated carbocycles. The molecule has 2 aromatic heterocycles. The van der Waals surface area contributed by atoms with E-state index < -0.39 is 5.72 Å². The summed E-state index contributed by atoms with van der Waals surface area (Å²) in [6.45, 7) is 7.65. The van der Waals surface area contributed by atoms with Crippen LogP contribution in [-0.4, -0.2) is 80.0 Å². The summed E-state index contributed by atoms with van der Waals surface area (Å²) in [6.07, 6.45) is 8.65. The van der Waals surface area contributed by atoms with Crippen LogP contribution < -0.4 is 5.32 Å². The van der Waals surface area contributed by atoms with E-state index in [-0.39, 0.29) is 6.10 Å². The standard InChI is InChI=1S/C25H40N4O4/c1-25(32-4,22-15-26-11-14-33-22)29(21-7-8-21)17-20-16-28(12-5-6-13-30-2)24-19(18-31-3)9-10-27-23(20)24/h9-10,16,21-22,26H,5-8,11-15,17-18H2,1-4H3/t22-,25?/m1/s1. The van der Waals surface area contributed by atoms with Gasteiger partial charge < -0.3 is 28.8 Å². The van der Waals surface area contributed by atoms with Crippen LogP contribution in [0.4, 0.5) is 0 Å². The van der Waals surface area contributed by atoms with Gasteiger partial charge in [-0.2, -0.15) is 0 Å². The third-order valence-electron chi connectivity index (χ3n) is 7.05. The Morgan fingerprint density at radius 3 is 2.73 bits per heavy atom. The van der Waals surface area contributed by atoms with Crippen molar-refractivity contribution in [2.75, 3.05) is 47.6 Å². The van der Waals surface area contributed by atoms with Crippen molar-refractivity contribution in [3.05, 3.63) is 29.6 Å². The van der Waals surface area contributed by atoms with Gasteiger partial charge in [0.25, 0.3) is 0 Å². The van der Waals surface area contributed by atoms with Gasteiger partial charge >= 0.3 is 0 Å². The molecule has 0 radical (unpaired) electrons. The van der Waals surface area contributed by atoms with E-state index in [0.717, 1.165) is 51.1 Å². The van der Waals surface area contributed by atoms with E-state index in [1.54, 1.807) is 21.3 Å². The molecule has 33 heavy (non-hydrogen) atoms. The molecule has 184 valence electrons. The number of methoxy groups -OCH3 is 3. The van der Waals surface area contributed by atoms with Gasteiger partial charge in [0.2, 0.25) is 0 Å². The predicted octanol–water partition coefficient (Wildman–Crippen LogP) is 2.92. The van der Waals surface area contributed by atoms with Gasteiger partial charge in [-0.25, -0.2) is 0 Å². The van der Waals surface area contributed by atoms with Crippen LogP contribution in [0, 0.1) is 0 Å². The Labute approximate surface area is 197 Å². The van der Waals surface area contributed by atoms with Gasteiger partial charge in [-0.15, -0.1) is 0 Å². The highest BCUT2D eigenvalue weighted by molar-refractivity contribution is 5.82. The zero-order valence-corrected chi connectivity index (χ0v) is 20.6. The molecule has 2 aromatic rings. The summed E-state index contributed by atoms with van der Waals surface area (Å²) >= 11 is 0. The molecule has 3 heterocycles. The van der Waals surface area contributed by atoms with E-state index in [2.05, 4.69) is 34.0 Å². The minimum absolute atomic E-state index is 0.0174. The van der Waals surface area contributed by atoms with Crippen molar-refractivity contribution in [2.45, 2.75) is 70.2 Å². The Balaban J connectivity index is 1.66. The molecule has 0 bridgehead atoms. The van der Waals surface area contributed by atoms with Gasteiger partial charge in [0.15, 0.2) is 0 Å². The molecule has 4 rings (SSSR count). The number of aryl methyl sites for hydroxylation is 1. The lowest BCUT2D eigenvalue weighted by Crippen LogP contribution is -2.62. The van der Waals surface area contributed by atoms with Gasteiger partial charge in [0.1, 0.15) is 11.8 Å². The topological polar surface area (TPSA) is 70.0 Å². The fourth-order valence-corrected chi connectivity index (χ4v) is 5.02. The predicted molar refractivity (Wildman–Crippen MR) is 128 cm³/mol. The van der Waals surface area contributed by atoms with Crippen LogP contribution in [0.5, 0.6) is 0 Å². The molecular weight excluding hydrogens is 420 g/mol. The number of hydrogen-bond acceptors (Lipinski definition) is 7. The summed E-state index contributed by atoms with van der Waals surface area (Å²) in [4.78, 5) is 7.33. The molecular formula is C25H40N4O4. The maximum absolute atomic E-state index is 6.19. The lowest BCUT2D eigenvalue weighted by Gasteiger charge is -2.46. The van der Waals surface area contributed by atoms with Gasteiger partial charge in [0, 0.05) is 83.7 Å². The third-order valence-corrected chi connectivity index (χ3v) is 7.05. The van der Waals surface area contributed by atoms with Crippen LogP contribution in [0.3, 0.4) is 0 Å². The van der Waals surface area contributed by atoms with Crippen molar-refractivity contribution >= 4 is 11.0 Å². The molecule has 0 amide bonds. The molecule has 1 saturated heterocycles. The van der Waals surface area contributed by atoms with E-state index in [9.17, 15) is 0 Å². The minimum atomic E-state index is -0.508. The summed E-state index contributed by atoms with van der Waals surface area (Å²) < 4.78 is 25.5. The van der Waals surface area contributed by atoms with Crippen molar-refractivity contribution in [1.29, 1.82) is 0 Å². The number of hydrogen-bond donors (Lipinski definition) is 1. The number of rotatable bonds is 13. The number of nitrogens with zero attached hydrogens (tertiary/aromatic N) is 3. The molecule has 2 fully saturated rings. The number of unbranched alkanes of at least 4 members (excludes halogenated alkanes) is 1. The molecule has 0 aromatic carbocycles. The van der Waals surface area contributed by atoms with Crippen molar-refractivity contribution in [1.82, 2.24) is 19.8 Å². The van der Waals surface area contributed by atoms with Gasteiger partial charge in [-0.05, 0) is 38.7 Å². The molecule has 1 aliphatic heterocycles. The highest BCUT2D eigenvalue weighted by atomic mass is 16.6. The van der Waals surface area contributed by atoms with Gasteiger partial charge in [0.05, 0.1) is 24.2 Å². The lowest BCUT2D eigenvalue weighted by molar-refractivity contribution is -0.214.